The highest BCUT2D eigenvalue weighted by Crippen LogP contribution is 2.44. The van der Waals surface area contributed by atoms with Crippen molar-refractivity contribution in [3.8, 4) is 6.07 Å². The minimum absolute atomic E-state index is 0.0379. The number of nitrogens with zero attached hydrogens (tertiary/aromatic N) is 3. The molecule has 0 radical (unpaired) electrons. The molecule has 1 saturated carbocycles. The van der Waals surface area contributed by atoms with E-state index in [1.54, 1.807) is 19.1 Å². The fourth-order valence-electron chi connectivity index (χ4n) is 3.75. The number of nitrogens with two attached hydrogens (primary N) is 2. The number of rotatable bonds is 10. The van der Waals surface area contributed by atoms with Gasteiger partial charge in [0.25, 0.3) is 0 Å². The molecule has 172 valence electrons. The summed E-state index contributed by atoms with van der Waals surface area (Å²) in [5.74, 6) is 1.27. The van der Waals surface area contributed by atoms with Gasteiger partial charge in [0.1, 0.15) is 11.9 Å². The van der Waals surface area contributed by atoms with Crippen molar-refractivity contribution in [3.63, 3.8) is 0 Å². The van der Waals surface area contributed by atoms with E-state index in [-0.39, 0.29) is 11.9 Å². The lowest BCUT2D eigenvalue weighted by molar-refractivity contribution is -0.131. The van der Waals surface area contributed by atoms with Gasteiger partial charge in [-0.05, 0) is 50.3 Å². The number of carbonyl (C=O) groups excluding carboxylic acids is 1. The van der Waals surface area contributed by atoms with Crippen LogP contribution in [0.1, 0.15) is 68.8 Å². The zero-order valence-electron chi connectivity index (χ0n) is 19.9. The fraction of sp³-hybridized carbons (Fsp3) is 0.480. The summed E-state index contributed by atoms with van der Waals surface area (Å²) in [5, 5.41) is 13.2. The monoisotopic (exact) mass is 436 g/mol. The summed E-state index contributed by atoms with van der Waals surface area (Å²) in [7, 11) is 0. The van der Waals surface area contributed by atoms with E-state index < -0.39 is 0 Å². The first-order valence-corrected chi connectivity index (χ1v) is 11.1. The standard InChI is InChI=1S/C25H36N6O/c1-7-21(28)12-20(13-26)23-16(4)22(14-27)25(30-24(23)19-8-9-19)29-10-11-31(18(6)32)17(5)15(2)3/h7,12-13,15,17,19H,1,8-11,26,28H2,2-6H3,(H,29,30)/b20-13+,21-12-. The minimum atomic E-state index is 0.0379. The van der Waals surface area contributed by atoms with Gasteiger partial charge >= 0.3 is 0 Å². The molecule has 0 aromatic carbocycles. The number of nitrogens with one attached hydrogen (secondary N) is 1. The molecule has 5 N–H and O–H groups in total. The van der Waals surface area contributed by atoms with Gasteiger partial charge in [0.15, 0.2) is 0 Å². The first-order valence-electron chi connectivity index (χ1n) is 11.1. The van der Waals surface area contributed by atoms with Crippen LogP contribution in [0.5, 0.6) is 0 Å². The molecule has 1 unspecified atom stereocenters. The molecule has 1 fully saturated rings. The summed E-state index contributed by atoms with van der Waals surface area (Å²) in [5.41, 5.74) is 16.2. The van der Waals surface area contributed by atoms with Gasteiger partial charge in [0.05, 0.1) is 11.3 Å². The van der Waals surface area contributed by atoms with E-state index in [9.17, 15) is 10.1 Å². The van der Waals surface area contributed by atoms with Gasteiger partial charge in [-0.1, -0.05) is 20.4 Å². The maximum absolute atomic E-state index is 12.1. The highest BCUT2D eigenvalue weighted by atomic mass is 16.2. The van der Waals surface area contributed by atoms with Gasteiger partial charge < -0.3 is 21.7 Å². The Morgan fingerprint density at radius 3 is 2.53 bits per heavy atom. The lowest BCUT2D eigenvalue weighted by Crippen LogP contribution is -2.42. The van der Waals surface area contributed by atoms with Gasteiger partial charge in [-0.15, -0.1) is 0 Å². The van der Waals surface area contributed by atoms with E-state index in [0.29, 0.717) is 42.0 Å². The number of carbonyl (C=O) groups is 1. The molecule has 0 saturated heterocycles. The fourth-order valence-corrected chi connectivity index (χ4v) is 3.75. The van der Waals surface area contributed by atoms with Crippen molar-refractivity contribution in [1.29, 1.82) is 5.26 Å². The Morgan fingerprint density at radius 2 is 2.06 bits per heavy atom. The average Bonchev–Trinajstić information content (AvgIpc) is 3.59. The molecule has 7 nitrogen and oxygen atoms in total. The minimum Gasteiger partial charge on any atom is -0.404 e. The van der Waals surface area contributed by atoms with Crippen molar-refractivity contribution in [2.75, 3.05) is 18.4 Å². The topological polar surface area (TPSA) is 121 Å². The Labute approximate surface area is 191 Å². The Kier molecular flexibility index (Phi) is 8.48. The van der Waals surface area contributed by atoms with Crippen LogP contribution in [0, 0.1) is 24.2 Å². The molecule has 1 aliphatic rings. The maximum atomic E-state index is 12.1. The van der Waals surface area contributed by atoms with Gasteiger partial charge in [-0.2, -0.15) is 5.26 Å². The molecule has 1 amide bonds. The van der Waals surface area contributed by atoms with Crippen LogP contribution in [0.4, 0.5) is 5.82 Å². The SMILES string of the molecule is C=C/C(N)=C/C(=C\N)c1c(C2CC2)nc(NCCN(C(C)=O)C(C)C(C)C)c(C#N)c1C. The highest BCUT2D eigenvalue weighted by molar-refractivity contribution is 5.81. The van der Waals surface area contributed by atoms with Crippen molar-refractivity contribution in [1.82, 2.24) is 9.88 Å². The molecule has 1 atom stereocenters. The second-order valence-electron chi connectivity index (χ2n) is 8.70. The summed E-state index contributed by atoms with van der Waals surface area (Å²) in [6, 6.07) is 2.42. The Bertz CT molecular complexity index is 966. The van der Waals surface area contributed by atoms with Crippen LogP contribution in [0.25, 0.3) is 5.57 Å². The van der Waals surface area contributed by atoms with Gasteiger partial charge in [-0.25, -0.2) is 4.98 Å². The number of nitriles is 1. The predicted octanol–water partition coefficient (Wildman–Crippen LogP) is 3.77. The third kappa shape index (κ3) is 5.70. The third-order valence-corrected chi connectivity index (χ3v) is 6.08. The van der Waals surface area contributed by atoms with Gasteiger partial charge in [0, 0.05) is 55.0 Å². The van der Waals surface area contributed by atoms with Crippen LogP contribution in [0.2, 0.25) is 0 Å². The Balaban J connectivity index is 2.41. The Hall–Kier alpha value is -3.27. The van der Waals surface area contributed by atoms with E-state index in [1.165, 1.54) is 6.20 Å². The first-order chi connectivity index (χ1) is 15.2. The predicted molar refractivity (Wildman–Crippen MR) is 130 cm³/mol. The van der Waals surface area contributed by atoms with Gasteiger partial charge in [-0.3, -0.25) is 4.79 Å². The van der Waals surface area contributed by atoms with E-state index >= 15 is 0 Å². The molecule has 1 aliphatic carbocycles. The molecule has 32 heavy (non-hydrogen) atoms. The van der Waals surface area contributed by atoms with Crippen LogP contribution >= 0.6 is 0 Å². The van der Waals surface area contributed by atoms with Crippen LogP contribution in [-0.4, -0.2) is 34.9 Å². The molecule has 1 aromatic heterocycles. The maximum Gasteiger partial charge on any atom is 0.219 e. The lowest BCUT2D eigenvalue weighted by Gasteiger charge is -2.31. The zero-order chi connectivity index (χ0) is 24.0. The van der Waals surface area contributed by atoms with Crippen LogP contribution in [-0.2, 0) is 4.79 Å². The zero-order valence-corrected chi connectivity index (χ0v) is 19.9. The molecule has 1 aromatic rings. The second kappa shape index (κ2) is 10.9. The molecule has 0 bridgehead atoms. The number of allylic oxidation sites excluding steroid dienone is 3. The van der Waals surface area contributed by atoms with Crippen molar-refractivity contribution in [2.45, 2.75) is 59.4 Å². The number of hydrogen-bond acceptors (Lipinski definition) is 6. The summed E-state index contributed by atoms with van der Waals surface area (Å²) in [4.78, 5) is 18.8. The normalized spacial score (nSPS) is 15.3. The molecule has 2 rings (SSSR count). The second-order valence-corrected chi connectivity index (χ2v) is 8.70. The highest BCUT2D eigenvalue weighted by Gasteiger charge is 2.31. The summed E-state index contributed by atoms with van der Waals surface area (Å²) in [6.07, 6.45) is 6.91. The molecular formula is C25H36N6O. The van der Waals surface area contributed by atoms with Crippen molar-refractivity contribution < 1.29 is 4.79 Å². The van der Waals surface area contributed by atoms with Crippen LogP contribution in [0.15, 0.2) is 30.6 Å². The Morgan fingerprint density at radius 1 is 1.41 bits per heavy atom. The number of hydrogen-bond donors (Lipinski definition) is 3. The molecule has 0 spiro atoms. The summed E-state index contributed by atoms with van der Waals surface area (Å²) < 4.78 is 0. The summed E-state index contributed by atoms with van der Waals surface area (Å²) in [6.45, 7) is 14.5. The summed E-state index contributed by atoms with van der Waals surface area (Å²) >= 11 is 0. The lowest BCUT2D eigenvalue weighted by atomic mass is 9.93. The van der Waals surface area contributed by atoms with E-state index in [0.717, 1.165) is 35.2 Å². The third-order valence-electron chi connectivity index (χ3n) is 6.08. The van der Waals surface area contributed by atoms with Gasteiger partial charge in [0.2, 0.25) is 5.91 Å². The largest absolute Gasteiger partial charge is 0.404 e. The van der Waals surface area contributed by atoms with E-state index in [4.69, 9.17) is 16.5 Å². The first kappa shape index (κ1) is 25.0. The quantitative estimate of drug-likeness (QED) is 0.480. The van der Waals surface area contributed by atoms with E-state index in [2.05, 4.69) is 38.7 Å². The van der Waals surface area contributed by atoms with Crippen LogP contribution in [0.3, 0.4) is 0 Å². The van der Waals surface area contributed by atoms with E-state index in [1.807, 2.05) is 11.8 Å². The molecule has 7 heteroatoms. The molecule has 1 heterocycles. The number of pyridine rings is 1. The molecule has 0 aliphatic heterocycles. The number of anilines is 1. The average molecular weight is 437 g/mol. The molecular weight excluding hydrogens is 400 g/mol. The van der Waals surface area contributed by atoms with Crippen molar-refractivity contribution in [2.24, 2.45) is 17.4 Å². The number of amides is 1. The van der Waals surface area contributed by atoms with Crippen LogP contribution < -0.4 is 16.8 Å². The van der Waals surface area contributed by atoms with Crippen molar-refractivity contribution >= 4 is 17.3 Å². The smallest absolute Gasteiger partial charge is 0.219 e. The van der Waals surface area contributed by atoms with Crippen molar-refractivity contribution in [3.05, 3.63) is 53.0 Å². The number of aromatic nitrogens is 1.